The smallest absolute Gasteiger partial charge is 0.155 e. The second-order valence-electron chi connectivity index (χ2n) is 4.07. The minimum absolute atomic E-state index is 0.100. The van der Waals surface area contributed by atoms with Gasteiger partial charge >= 0.3 is 0 Å². The maximum atomic E-state index is 12.7. The van der Waals surface area contributed by atoms with Gasteiger partial charge in [-0.15, -0.1) is 0 Å². The summed E-state index contributed by atoms with van der Waals surface area (Å²) in [5, 5.41) is -0.497. The summed E-state index contributed by atoms with van der Waals surface area (Å²) >= 11 is 0. The quantitative estimate of drug-likeness (QED) is 0.863. The van der Waals surface area contributed by atoms with Crippen molar-refractivity contribution in [2.24, 2.45) is 5.73 Å². The molecule has 0 amide bonds. The van der Waals surface area contributed by atoms with Gasteiger partial charge in [-0.1, -0.05) is 19.1 Å². The summed E-state index contributed by atoms with van der Waals surface area (Å²) in [7, 11) is -3.10. The highest BCUT2D eigenvalue weighted by atomic mass is 32.2. The lowest BCUT2D eigenvalue weighted by Crippen LogP contribution is -2.17. The average molecular weight is 243 g/mol. The van der Waals surface area contributed by atoms with Crippen LogP contribution in [-0.4, -0.2) is 25.5 Å². The highest BCUT2D eigenvalue weighted by Gasteiger charge is 2.55. The molecule has 1 aliphatic carbocycles. The van der Waals surface area contributed by atoms with Crippen LogP contribution in [0, 0.1) is 5.82 Å². The number of hydrogen-bond donors (Lipinski definition) is 1. The highest BCUT2D eigenvalue weighted by Crippen LogP contribution is 2.44. The summed E-state index contributed by atoms with van der Waals surface area (Å²) in [5.74, 6) is -0.401. The SMILES string of the molecule is CCS(=O)(=O)[C@H]1[C@@H](N)[C@@H]1c1ccc(F)cc1. The Hall–Kier alpha value is -0.940. The molecule has 0 heterocycles. The van der Waals surface area contributed by atoms with Gasteiger partial charge in [0.25, 0.3) is 0 Å². The van der Waals surface area contributed by atoms with Crippen molar-refractivity contribution in [2.45, 2.75) is 24.1 Å². The predicted molar refractivity (Wildman–Crippen MR) is 60.4 cm³/mol. The van der Waals surface area contributed by atoms with Crippen LogP contribution >= 0.6 is 0 Å². The Morgan fingerprint density at radius 3 is 2.38 bits per heavy atom. The molecule has 1 aromatic rings. The van der Waals surface area contributed by atoms with Crippen LogP contribution in [0.1, 0.15) is 18.4 Å². The predicted octanol–water partition coefficient (Wildman–Crippen LogP) is 1.05. The molecule has 0 unspecified atom stereocenters. The van der Waals surface area contributed by atoms with Gasteiger partial charge in [-0.3, -0.25) is 0 Å². The molecule has 2 N–H and O–H groups in total. The Kier molecular flexibility index (Phi) is 2.75. The molecule has 88 valence electrons. The molecule has 1 aliphatic rings. The molecule has 3 atom stereocenters. The second-order valence-corrected chi connectivity index (χ2v) is 6.52. The van der Waals surface area contributed by atoms with E-state index in [1.165, 1.54) is 12.1 Å². The fourth-order valence-electron chi connectivity index (χ4n) is 2.06. The van der Waals surface area contributed by atoms with E-state index in [0.717, 1.165) is 5.56 Å². The molecule has 0 bridgehead atoms. The van der Waals surface area contributed by atoms with E-state index in [0.29, 0.717) is 0 Å². The topological polar surface area (TPSA) is 60.2 Å². The number of halogens is 1. The van der Waals surface area contributed by atoms with Crippen molar-refractivity contribution >= 4 is 9.84 Å². The molecule has 1 saturated carbocycles. The van der Waals surface area contributed by atoms with E-state index < -0.39 is 15.1 Å². The third kappa shape index (κ3) is 1.85. The summed E-state index contributed by atoms with van der Waals surface area (Å²) in [6, 6.07) is 5.51. The van der Waals surface area contributed by atoms with Crippen LogP contribution in [0.4, 0.5) is 4.39 Å². The van der Waals surface area contributed by atoms with E-state index >= 15 is 0 Å². The van der Waals surface area contributed by atoms with Crippen LogP contribution in [0.3, 0.4) is 0 Å². The minimum Gasteiger partial charge on any atom is -0.326 e. The zero-order valence-corrected chi connectivity index (χ0v) is 9.75. The Morgan fingerprint density at radius 2 is 1.88 bits per heavy atom. The molecule has 16 heavy (non-hydrogen) atoms. The van der Waals surface area contributed by atoms with Crippen molar-refractivity contribution in [3.8, 4) is 0 Å². The molecule has 3 nitrogen and oxygen atoms in total. The van der Waals surface area contributed by atoms with Gasteiger partial charge in [0.2, 0.25) is 0 Å². The van der Waals surface area contributed by atoms with Crippen LogP contribution in [0.5, 0.6) is 0 Å². The molecule has 1 fully saturated rings. The Balaban J connectivity index is 2.24. The van der Waals surface area contributed by atoms with Gasteiger partial charge in [0.1, 0.15) is 5.82 Å². The zero-order valence-electron chi connectivity index (χ0n) is 8.93. The van der Waals surface area contributed by atoms with Gasteiger partial charge in [-0.25, -0.2) is 12.8 Å². The van der Waals surface area contributed by atoms with Crippen LogP contribution < -0.4 is 5.73 Å². The first-order valence-electron chi connectivity index (χ1n) is 5.20. The van der Waals surface area contributed by atoms with E-state index in [1.807, 2.05) is 0 Å². The first-order valence-corrected chi connectivity index (χ1v) is 6.91. The van der Waals surface area contributed by atoms with E-state index in [1.54, 1.807) is 19.1 Å². The fourth-order valence-corrected chi connectivity index (χ4v) is 3.79. The normalized spacial score (nSPS) is 29.1. The molecule has 0 aliphatic heterocycles. The van der Waals surface area contributed by atoms with E-state index in [4.69, 9.17) is 5.73 Å². The van der Waals surface area contributed by atoms with Crippen molar-refractivity contribution in [3.05, 3.63) is 35.6 Å². The Morgan fingerprint density at radius 1 is 1.31 bits per heavy atom. The lowest BCUT2D eigenvalue weighted by atomic mass is 10.1. The number of hydrogen-bond acceptors (Lipinski definition) is 3. The Bertz CT molecular complexity index is 483. The minimum atomic E-state index is -3.10. The van der Waals surface area contributed by atoms with Gasteiger partial charge in [0, 0.05) is 17.7 Å². The number of nitrogens with two attached hydrogens (primary N) is 1. The van der Waals surface area contributed by atoms with Gasteiger partial charge in [-0.2, -0.15) is 0 Å². The standard InChI is InChI=1S/C11H14FNO2S/c1-2-16(14,15)11-9(10(11)13)7-3-5-8(12)6-4-7/h3-6,9-11H,2,13H2,1H3/t9-,10-,11+/m0/s1. The largest absolute Gasteiger partial charge is 0.326 e. The molecular weight excluding hydrogens is 229 g/mol. The Labute approximate surface area is 94.4 Å². The summed E-state index contributed by atoms with van der Waals surface area (Å²) in [5.41, 5.74) is 6.57. The molecule has 0 aromatic heterocycles. The van der Waals surface area contributed by atoms with Crippen molar-refractivity contribution in [3.63, 3.8) is 0 Å². The maximum Gasteiger partial charge on any atom is 0.155 e. The van der Waals surface area contributed by atoms with Gasteiger partial charge in [-0.05, 0) is 17.7 Å². The molecule has 0 radical (unpaired) electrons. The zero-order chi connectivity index (χ0) is 11.9. The number of sulfone groups is 1. The molecular formula is C11H14FNO2S. The molecule has 5 heteroatoms. The van der Waals surface area contributed by atoms with Crippen LogP contribution in [-0.2, 0) is 9.84 Å². The third-order valence-electron chi connectivity index (χ3n) is 3.08. The summed E-state index contributed by atoms with van der Waals surface area (Å²) in [4.78, 5) is 0. The lowest BCUT2D eigenvalue weighted by molar-refractivity contribution is 0.594. The maximum absolute atomic E-state index is 12.7. The average Bonchev–Trinajstić information content (AvgIpc) is 2.92. The fraction of sp³-hybridized carbons (Fsp3) is 0.455. The summed E-state index contributed by atoms with van der Waals surface area (Å²) < 4.78 is 36.1. The summed E-state index contributed by atoms with van der Waals surface area (Å²) in [6.07, 6.45) is 0. The van der Waals surface area contributed by atoms with Gasteiger partial charge in [0.15, 0.2) is 9.84 Å². The first kappa shape index (κ1) is 11.5. The highest BCUT2D eigenvalue weighted by molar-refractivity contribution is 7.92. The van der Waals surface area contributed by atoms with Gasteiger partial charge in [0.05, 0.1) is 5.25 Å². The first-order chi connectivity index (χ1) is 7.47. The van der Waals surface area contributed by atoms with Crippen LogP contribution in [0.2, 0.25) is 0 Å². The van der Waals surface area contributed by atoms with Crippen molar-refractivity contribution < 1.29 is 12.8 Å². The molecule has 0 spiro atoms. The van der Waals surface area contributed by atoms with Crippen molar-refractivity contribution in [1.82, 2.24) is 0 Å². The monoisotopic (exact) mass is 243 g/mol. The van der Waals surface area contributed by atoms with E-state index in [-0.39, 0.29) is 23.5 Å². The molecule has 0 saturated heterocycles. The lowest BCUT2D eigenvalue weighted by Gasteiger charge is -2.00. The van der Waals surface area contributed by atoms with E-state index in [9.17, 15) is 12.8 Å². The molecule has 2 rings (SSSR count). The second kappa shape index (κ2) is 3.82. The van der Waals surface area contributed by atoms with Crippen molar-refractivity contribution in [1.29, 1.82) is 0 Å². The van der Waals surface area contributed by atoms with E-state index in [2.05, 4.69) is 0 Å². The molecule has 1 aromatic carbocycles. The van der Waals surface area contributed by atoms with Crippen LogP contribution in [0.15, 0.2) is 24.3 Å². The third-order valence-corrected chi connectivity index (χ3v) is 5.32. The number of rotatable bonds is 3. The van der Waals surface area contributed by atoms with Crippen molar-refractivity contribution in [2.75, 3.05) is 5.75 Å². The van der Waals surface area contributed by atoms with Crippen LogP contribution in [0.25, 0.3) is 0 Å². The summed E-state index contributed by atoms with van der Waals surface area (Å²) in [6.45, 7) is 1.61. The number of benzene rings is 1. The van der Waals surface area contributed by atoms with Gasteiger partial charge < -0.3 is 5.73 Å².